The fourth-order valence-electron chi connectivity index (χ4n) is 0.936. The molecule has 0 heterocycles. The van der Waals surface area contributed by atoms with Crippen LogP contribution in [0.3, 0.4) is 0 Å². The number of aryl methyl sites for hydroxylation is 1. The SMILES string of the molecule is Cc1cc(N)cc(C(=O)O)c1.Cl. The zero-order chi connectivity index (χ0) is 8.43. The minimum atomic E-state index is -0.944. The Morgan fingerprint density at radius 1 is 1.42 bits per heavy atom. The smallest absolute Gasteiger partial charge is 0.335 e. The Kier molecular flexibility index (Phi) is 3.57. The molecule has 0 atom stereocenters. The van der Waals surface area contributed by atoms with E-state index in [1.165, 1.54) is 6.07 Å². The molecule has 0 aliphatic carbocycles. The van der Waals surface area contributed by atoms with E-state index in [2.05, 4.69) is 0 Å². The van der Waals surface area contributed by atoms with Gasteiger partial charge in [-0.25, -0.2) is 4.79 Å². The van der Waals surface area contributed by atoms with Crippen LogP contribution < -0.4 is 5.73 Å². The Morgan fingerprint density at radius 2 is 2.00 bits per heavy atom. The van der Waals surface area contributed by atoms with Crippen molar-refractivity contribution >= 4 is 24.1 Å². The number of hydrogen-bond donors (Lipinski definition) is 2. The predicted molar refractivity (Wildman–Crippen MR) is 49.8 cm³/mol. The molecule has 0 fully saturated rings. The average molecular weight is 188 g/mol. The van der Waals surface area contributed by atoms with Gasteiger partial charge in [-0.05, 0) is 30.7 Å². The monoisotopic (exact) mass is 187 g/mol. The number of nitrogens with two attached hydrogens (primary N) is 1. The van der Waals surface area contributed by atoms with Crippen molar-refractivity contribution in [3.63, 3.8) is 0 Å². The first kappa shape index (κ1) is 10.8. The van der Waals surface area contributed by atoms with E-state index >= 15 is 0 Å². The van der Waals surface area contributed by atoms with E-state index in [4.69, 9.17) is 10.8 Å². The summed E-state index contributed by atoms with van der Waals surface area (Å²) in [5.41, 5.74) is 7.02. The van der Waals surface area contributed by atoms with E-state index in [9.17, 15) is 4.79 Å². The van der Waals surface area contributed by atoms with E-state index in [0.717, 1.165) is 5.56 Å². The molecule has 1 aromatic carbocycles. The molecule has 3 N–H and O–H groups in total. The van der Waals surface area contributed by atoms with Gasteiger partial charge in [-0.1, -0.05) is 0 Å². The molecule has 0 saturated carbocycles. The van der Waals surface area contributed by atoms with Gasteiger partial charge in [0.25, 0.3) is 0 Å². The Balaban J connectivity index is 0.00000121. The average Bonchev–Trinajstić information content (AvgIpc) is 1.85. The third-order valence-electron chi connectivity index (χ3n) is 1.35. The van der Waals surface area contributed by atoms with Gasteiger partial charge in [-0.3, -0.25) is 0 Å². The van der Waals surface area contributed by atoms with E-state index < -0.39 is 5.97 Å². The molecule has 4 heteroatoms. The molecule has 66 valence electrons. The summed E-state index contributed by atoms with van der Waals surface area (Å²) in [5, 5.41) is 8.58. The summed E-state index contributed by atoms with van der Waals surface area (Å²) in [7, 11) is 0. The highest BCUT2D eigenvalue weighted by molar-refractivity contribution is 5.88. The predicted octanol–water partition coefficient (Wildman–Crippen LogP) is 1.70. The summed E-state index contributed by atoms with van der Waals surface area (Å²) >= 11 is 0. The number of halogens is 1. The van der Waals surface area contributed by atoms with Gasteiger partial charge in [-0.15, -0.1) is 12.4 Å². The summed E-state index contributed by atoms with van der Waals surface area (Å²) in [6, 6.07) is 4.75. The van der Waals surface area contributed by atoms with Crippen molar-refractivity contribution in [1.29, 1.82) is 0 Å². The van der Waals surface area contributed by atoms with Gasteiger partial charge in [-0.2, -0.15) is 0 Å². The second-order valence-corrected chi connectivity index (χ2v) is 2.44. The van der Waals surface area contributed by atoms with E-state index in [1.54, 1.807) is 12.1 Å². The van der Waals surface area contributed by atoms with Crippen molar-refractivity contribution in [3.8, 4) is 0 Å². The number of anilines is 1. The Bertz CT molecular complexity index is 279. The summed E-state index contributed by atoms with van der Waals surface area (Å²) in [5.74, 6) is -0.944. The van der Waals surface area contributed by atoms with Gasteiger partial charge in [0.15, 0.2) is 0 Å². The number of nitrogen functional groups attached to an aromatic ring is 1. The number of aromatic carboxylic acids is 1. The lowest BCUT2D eigenvalue weighted by molar-refractivity contribution is 0.0697. The quantitative estimate of drug-likeness (QED) is 0.658. The van der Waals surface area contributed by atoms with Crippen molar-refractivity contribution in [1.82, 2.24) is 0 Å². The molecule has 12 heavy (non-hydrogen) atoms. The zero-order valence-corrected chi connectivity index (χ0v) is 7.39. The molecule has 0 amide bonds. The van der Waals surface area contributed by atoms with Crippen molar-refractivity contribution in [2.45, 2.75) is 6.92 Å². The highest BCUT2D eigenvalue weighted by Crippen LogP contribution is 2.10. The first-order valence-electron chi connectivity index (χ1n) is 3.20. The van der Waals surface area contributed by atoms with Gasteiger partial charge >= 0.3 is 5.97 Å². The maximum atomic E-state index is 10.4. The second-order valence-electron chi connectivity index (χ2n) is 2.44. The van der Waals surface area contributed by atoms with Crippen LogP contribution in [0.1, 0.15) is 15.9 Å². The molecule has 0 spiro atoms. The van der Waals surface area contributed by atoms with E-state index in [1.807, 2.05) is 6.92 Å². The fourth-order valence-corrected chi connectivity index (χ4v) is 0.936. The van der Waals surface area contributed by atoms with Gasteiger partial charge in [0.1, 0.15) is 0 Å². The molecule has 1 rings (SSSR count). The highest BCUT2D eigenvalue weighted by atomic mass is 35.5. The summed E-state index contributed by atoms with van der Waals surface area (Å²) in [4.78, 5) is 10.4. The van der Waals surface area contributed by atoms with Gasteiger partial charge < -0.3 is 10.8 Å². The Hall–Kier alpha value is -1.22. The molecule has 1 aromatic rings. The van der Waals surface area contributed by atoms with Crippen LogP contribution in [-0.2, 0) is 0 Å². The summed E-state index contributed by atoms with van der Waals surface area (Å²) in [6.07, 6.45) is 0. The molecular weight excluding hydrogens is 178 g/mol. The molecule has 0 radical (unpaired) electrons. The van der Waals surface area contributed by atoms with Gasteiger partial charge in [0.05, 0.1) is 5.56 Å². The van der Waals surface area contributed by atoms with Crippen LogP contribution in [0.25, 0.3) is 0 Å². The first-order chi connectivity index (χ1) is 5.09. The molecule has 0 bridgehead atoms. The van der Waals surface area contributed by atoms with Crippen molar-refractivity contribution in [3.05, 3.63) is 29.3 Å². The van der Waals surface area contributed by atoms with Crippen LogP contribution in [0.15, 0.2) is 18.2 Å². The number of carboxylic acids is 1. The topological polar surface area (TPSA) is 63.3 Å². The molecule has 0 saturated heterocycles. The van der Waals surface area contributed by atoms with Crippen LogP contribution in [-0.4, -0.2) is 11.1 Å². The third-order valence-corrected chi connectivity index (χ3v) is 1.35. The van der Waals surface area contributed by atoms with Crippen LogP contribution in [0, 0.1) is 6.92 Å². The van der Waals surface area contributed by atoms with Crippen LogP contribution in [0.4, 0.5) is 5.69 Å². The normalized spacial score (nSPS) is 8.75. The largest absolute Gasteiger partial charge is 0.478 e. The lowest BCUT2D eigenvalue weighted by Gasteiger charge is -1.98. The minimum Gasteiger partial charge on any atom is -0.478 e. The molecule has 0 aliphatic rings. The molecule has 0 aromatic heterocycles. The summed E-state index contributed by atoms with van der Waals surface area (Å²) in [6.45, 7) is 1.81. The van der Waals surface area contributed by atoms with Gasteiger partial charge in [0.2, 0.25) is 0 Å². The number of rotatable bonds is 1. The fraction of sp³-hybridized carbons (Fsp3) is 0.125. The maximum Gasteiger partial charge on any atom is 0.335 e. The minimum absolute atomic E-state index is 0. The van der Waals surface area contributed by atoms with Crippen molar-refractivity contribution in [2.75, 3.05) is 5.73 Å². The van der Waals surface area contributed by atoms with Gasteiger partial charge in [0, 0.05) is 5.69 Å². The first-order valence-corrected chi connectivity index (χ1v) is 3.20. The van der Waals surface area contributed by atoms with E-state index in [-0.39, 0.29) is 18.0 Å². The molecule has 3 nitrogen and oxygen atoms in total. The van der Waals surface area contributed by atoms with Crippen LogP contribution >= 0.6 is 12.4 Å². The van der Waals surface area contributed by atoms with Crippen molar-refractivity contribution in [2.24, 2.45) is 0 Å². The van der Waals surface area contributed by atoms with Crippen molar-refractivity contribution < 1.29 is 9.90 Å². The molecule has 0 aliphatic heterocycles. The molecular formula is C8H10ClNO2. The van der Waals surface area contributed by atoms with Crippen LogP contribution in [0.5, 0.6) is 0 Å². The van der Waals surface area contributed by atoms with Crippen LogP contribution in [0.2, 0.25) is 0 Å². The summed E-state index contributed by atoms with van der Waals surface area (Å²) < 4.78 is 0. The standard InChI is InChI=1S/C8H9NO2.ClH/c1-5-2-6(8(10)11)4-7(9)3-5;/h2-4H,9H2,1H3,(H,10,11);1H. The second kappa shape index (κ2) is 3.97. The number of benzene rings is 1. The number of carboxylic acid groups (broad SMARTS) is 1. The van der Waals surface area contributed by atoms with E-state index in [0.29, 0.717) is 5.69 Å². The highest BCUT2D eigenvalue weighted by Gasteiger charge is 2.02. The molecule has 0 unspecified atom stereocenters. The zero-order valence-electron chi connectivity index (χ0n) is 6.57. The maximum absolute atomic E-state index is 10.4. The lowest BCUT2D eigenvalue weighted by atomic mass is 10.1. The number of carbonyl (C=O) groups is 1. The third kappa shape index (κ3) is 2.43. The lowest BCUT2D eigenvalue weighted by Crippen LogP contribution is -1.98. The Morgan fingerprint density at radius 3 is 2.42 bits per heavy atom. The number of hydrogen-bond acceptors (Lipinski definition) is 2. The Labute approximate surface area is 76.6 Å².